The van der Waals surface area contributed by atoms with Gasteiger partial charge in [0.1, 0.15) is 5.56 Å². The number of pyridine rings is 2. The fraction of sp³-hybridized carbons (Fsp3) is 0.0938. The standard InChI is InChI=1S/C25H20N2O2.C7H7N5O/c1-3-21-17-20-9-7-8-19(13-12-18-14-15-26-23(16-18)29-2)24(20)25(28)27(21)22-10-5-4-6-11-22;8-5-4(6(9)13)7-10-2-1-3-12(7)11-5/h4-11,14-17H,3H2,1-2H3;1-3H,(H2,8,11)(H2,9,13). The summed E-state index contributed by atoms with van der Waals surface area (Å²) < 4.78 is 8.35. The number of ether oxygens (including phenoxy) is 1. The number of benzene rings is 2. The predicted molar refractivity (Wildman–Crippen MR) is 162 cm³/mol. The molecular formula is C32H27N7O3. The summed E-state index contributed by atoms with van der Waals surface area (Å²) >= 11 is 0. The zero-order valence-corrected chi connectivity index (χ0v) is 23.0. The van der Waals surface area contributed by atoms with E-state index in [0.717, 1.165) is 28.8 Å². The maximum absolute atomic E-state index is 13.5. The van der Waals surface area contributed by atoms with E-state index >= 15 is 0 Å². The van der Waals surface area contributed by atoms with Crippen LogP contribution in [-0.2, 0) is 6.42 Å². The van der Waals surface area contributed by atoms with Gasteiger partial charge in [0.2, 0.25) is 5.88 Å². The molecule has 4 N–H and O–H groups in total. The molecule has 0 aliphatic heterocycles. The Labute approximate surface area is 241 Å². The summed E-state index contributed by atoms with van der Waals surface area (Å²) in [6.45, 7) is 2.06. The van der Waals surface area contributed by atoms with Crippen LogP contribution in [0.5, 0.6) is 5.88 Å². The summed E-state index contributed by atoms with van der Waals surface area (Å²) in [7, 11) is 1.57. The topological polar surface area (TPSA) is 143 Å². The molecule has 0 unspecified atom stereocenters. The first-order valence-electron chi connectivity index (χ1n) is 13.0. The molecule has 6 aromatic rings. The first kappa shape index (κ1) is 27.6. The van der Waals surface area contributed by atoms with Crippen molar-refractivity contribution in [2.45, 2.75) is 13.3 Å². The van der Waals surface area contributed by atoms with Crippen molar-refractivity contribution in [3.63, 3.8) is 0 Å². The summed E-state index contributed by atoms with van der Waals surface area (Å²) in [5.41, 5.74) is 14.4. The number of anilines is 1. The van der Waals surface area contributed by atoms with Crippen LogP contribution in [0.15, 0.2) is 96.2 Å². The van der Waals surface area contributed by atoms with Crippen molar-refractivity contribution in [3.05, 3.63) is 124 Å². The molecule has 0 spiro atoms. The summed E-state index contributed by atoms with van der Waals surface area (Å²) in [4.78, 5) is 32.5. The number of para-hydroxylation sites is 1. The molecule has 10 heteroatoms. The van der Waals surface area contributed by atoms with Crippen LogP contribution in [0.2, 0.25) is 0 Å². The lowest BCUT2D eigenvalue weighted by atomic mass is 10.0. The second-order valence-electron chi connectivity index (χ2n) is 9.08. The van der Waals surface area contributed by atoms with Gasteiger partial charge in [0.25, 0.3) is 11.5 Å². The number of methoxy groups -OCH3 is 1. The number of nitrogen functional groups attached to an aromatic ring is 1. The number of carbonyl (C=O) groups is 1. The monoisotopic (exact) mass is 557 g/mol. The van der Waals surface area contributed by atoms with Gasteiger partial charge in [-0.3, -0.25) is 14.2 Å². The van der Waals surface area contributed by atoms with Crippen molar-refractivity contribution in [1.82, 2.24) is 24.1 Å². The Hall–Kier alpha value is -5.95. The van der Waals surface area contributed by atoms with E-state index in [-0.39, 0.29) is 16.9 Å². The van der Waals surface area contributed by atoms with Gasteiger partial charge >= 0.3 is 0 Å². The smallest absolute Gasteiger partial charge is 0.264 e. The third kappa shape index (κ3) is 5.52. The number of aryl methyl sites for hydroxylation is 1. The Morgan fingerprint density at radius 3 is 2.52 bits per heavy atom. The number of rotatable bonds is 4. The Morgan fingerprint density at radius 1 is 0.976 bits per heavy atom. The molecule has 0 radical (unpaired) electrons. The number of primary amides is 1. The number of hydrogen-bond acceptors (Lipinski definition) is 7. The van der Waals surface area contributed by atoms with E-state index in [0.29, 0.717) is 22.5 Å². The van der Waals surface area contributed by atoms with Crippen molar-refractivity contribution in [1.29, 1.82) is 0 Å². The molecule has 42 heavy (non-hydrogen) atoms. The van der Waals surface area contributed by atoms with E-state index < -0.39 is 5.91 Å². The molecule has 0 fully saturated rings. The fourth-order valence-electron chi connectivity index (χ4n) is 4.52. The summed E-state index contributed by atoms with van der Waals surface area (Å²) in [6, 6.07) is 22.9. The van der Waals surface area contributed by atoms with Crippen molar-refractivity contribution < 1.29 is 9.53 Å². The van der Waals surface area contributed by atoms with Crippen LogP contribution < -0.4 is 21.8 Å². The largest absolute Gasteiger partial charge is 0.481 e. The van der Waals surface area contributed by atoms with E-state index in [2.05, 4.69) is 39.9 Å². The Balaban J connectivity index is 0.000000226. The Morgan fingerprint density at radius 2 is 1.79 bits per heavy atom. The van der Waals surface area contributed by atoms with E-state index in [4.69, 9.17) is 16.2 Å². The molecule has 6 rings (SSSR count). The average Bonchev–Trinajstić information content (AvgIpc) is 3.36. The number of aromatic nitrogens is 5. The van der Waals surface area contributed by atoms with Gasteiger partial charge in [-0.1, -0.05) is 49.1 Å². The molecule has 2 aromatic carbocycles. The number of carbonyl (C=O) groups excluding carboxylic acids is 1. The Bertz CT molecular complexity index is 2040. The first-order chi connectivity index (χ1) is 20.4. The molecule has 0 saturated carbocycles. The van der Waals surface area contributed by atoms with Crippen LogP contribution in [-0.4, -0.2) is 37.2 Å². The number of nitrogens with zero attached hydrogens (tertiary/aromatic N) is 5. The molecule has 4 aromatic heterocycles. The molecule has 0 aliphatic rings. The minimum Gasteiger partial charge on any atom is -0.481 e. The van der Waals surface area contributed by atoms with Gasteiger partial charge in [0, 0.05) is 47.2 Å². The third-order valence-electron chi connectivity index (χ3n) is 6.45. The third-order valence-corrected chi connectivity index (χ3v) is 6.45. The van der Waals surface area contributed by atoms with Crippen LogP contribution in [0.4, 0.5) is 5.82 Å². The summed E-state index contributed by atoms with van der Waals surface area (Å²) in [5, 5.41) is 5.39. The van der Waals surface area contributed by atoms with Crippen LogP contribution in [0.3, 0.4) is 0 Å². The molecule has 0 aliphatic carbocycles. The van der Waals surface area contributed by atoms with Gasteiger partial charge in [-0.05, 0) is 48.2 Å². The maximum atomic E-state index is 13.5. The van der Waals surface area contributed by atoms with E-state index in [9.17, 15) is 9.59 Å². The average molecular weight is 558 g/mol. The number of amides is 1. The summed E-state index contributed by atoms with van der Waals surface area (Å²) in [5.74, 6) is 6.28. The van der Waals surface area contributed by atoms with E-state index in [1.54, 1.807) is 42.4 Å². The second kappa shape index (κ2) is 12.1. The van der Waals surface area contributed by atoms with E-state index in [1.807, 2.05) is 54.6 Å². The molecule has 10 nitrogen and oxygen atoms in total. The normalized spacial score (nSPS) is 10.4. The van der Waals surface area contributed by atoms with Crippen molar-refractivity contribution in [2.75, 3.05) is 12.8 Å². The van der Waals surface area contributed by atoms with E-state index in [1.165, 1.54) is 4.52 Å². The molecule has 1 amide bonds. The van der Waals surface area contributed by atoms with Gasteiger partial charge in [-0.25, -0.2) is 14.5 Å². The zero-order valence-electron chi connectivity index (χ0n) is 23.0. The van der Waals surface area contributed by atoms with Crippen molar-refractivity contribution in [3.8, 4) is 23.4 Å². The van der Waals surface area contributed by atoms with Crippen molar-refractivity contribution in [2.24, 2.45) is 5.73 Å². The fourth-order valence-corrected chi connectivity index (χ4v) is 4.52. The number of hydrogen-bond donors (Lipinski definition) is 2. The van der Waals surface area contributed by atoms with Crippen LogP contribution >= 0.6 is 0 Å². The highest BCUT2D eigenvalue weighted by Crippen LogP contribution is 2.20. The second-order valence-corrected chi connectivity index (χ2v) is 9.08. The van der Waals surface area contributed by atoms with Gasteiger partial charge in [-0.2, -0.15) is 0 Å². The molecule has 208 valence electrons. The first-order valence-corrected chi connectivity index (χ1v) is 13.0. The zero-order chi connectivity index (χ0) is 29.6. The van der Waals surface area contributed by atoms with Crippen LogP contribution in [0.25, 0.3) is 22.1 Å². The highest BCUT2D eigenvalue weighted by Gasteiger charge is 2.15. The molecule has 0 saturated heterocycles. The van der Waals surface area contributed by atoms with Crippen LogP contribution in [0, 0.1) is 11.8 Å². The maximum Gasteiger partial charge on any atom is 0.264 e. The minimum absolute atomic E-state index is 0.0530. The number of fused-ring (bicyclic) bond motifs is 2. The lowest BCUT2D eigenvalue weighted by Crippen LogP contribution is -2.22. The van der Waals surface area contributed by atoms with Gasteiger partial charge < -0.3 is 16.2 Å². The lowest BCUT2D eigenvalue weighted by molar-refractivity contribution is 0.100. The number of nitrogens with two attached hydrogens (primary N) is 2. The van der Waals surface area contributed by atoms with Gasteiger partial charge in [0.15, 0.2) is 11.5 Å². The SMILES string of the molecule is CCc1cc2cccc(C#Cc3ccnc(OC)c3)c2c(=O)n1-c1ccccc1.NC(=O)c1c(N)nn2cccnc12. The highest BCUT2D eigenvalue weighted by atomic mass is 16.5. The van der Waals surface area contributed by atoms with Gasteiger partial charge in [-0.15, -0.1) is 5.10 Å². The molecule has 0 bridgehead atoms. The lowest BCUT2D eigenvalue weighted by Gasteiger charge is -2.14. The van der Waals surface area contributed by atoms with Crippen LogP contribution in [0.1, 0.15) is 34.1 Å². The molecular weight excluding hydrogens is 530 g/mol. The quantitative estimate of drug-likeness (QED) is 0.314. The highest BCUT2D eigenvalue weighted by molar-refractivity contribution is 6.03. The minimum atomic E-state index is -0.619. The van der Waals surface area contributed by atoms with Crippen molar-refractivity contribution >= 4 is 28.1 Å². The molecule has 4 heterocycles. The predicted octanol–water partition coefficient (Wildman–Crippen LogP) is 3.77. The molecule has 0 atom stereocenters. The Kier molecular flexibility index (Phi) is 7.93. The van der Waals surface area contributed by atoms with Gasteiger partial charge in [0.05, 0.1) is 12.5 Å². The summed E-state index contributed by atoms with van der Waals surface area (Å²) in [6.07, 6.45) is 5.60.